The number of nitrogens with zero attached hydrogens (tertiary/aromatic N) is 7. The highest BCUT2D eigenvalue weighted by Crippen LogP contribution is 2.32. The summed E-state index contributed by atoms with van der Waals surface area (Å²) in [5.41, 5.74) is 1.32. The normalized spacial score (nSPS) is 12.0. The SMILES string of the molecule is Fc1ccccc1-n1cc(CSc2nnc(Cn3c(C(F)(F)F)nc4ccccc43)o2)nn1. The molecule has 33 heavy (non-hydrogen) atoms. The van der Waals surface area contributed by atoms with Crippen molar-refractivity contribution in [2.45, 2.75) is 23.7 Å². The van der Waals surface area contributed by atoms with Gasteiger partial charge in [-0.3, -0.25) is 0 Å². The van der Waals surface area contributed by atoms with Crippen molar-refractivity contribution in [1.29, 1.82) is 0 Å². The number of rotatable bonds is 6. The Balaban J connectivity index is 1.31. The van der Waals surface area contributed by atoms with Crippen molar-refractivity contribution in [3.05, 3.63) is 78.0 Å². The molecule has 13 heteroatoms. The van der Waals surface area contributed by atoms with Crippen LogP contribution in [0.5, 0.6) is 0 Å². The van der Waals surface area contributed by atoms with Crippen LogP contribution in [-0.2, 0) is 18.5 Å². The summed E-state index contributed by atoms with van der Waals surface area (Å²) >= 11 is 1.14. The summed E-state index contributed by atoms with van der Waals surface area (Å²) in [4.78, 5) is 3.70. The lowest BCUT2D eigenvalue weighted by Gasteiger charge is -2.09. The monoisotopic (exact) mass is 475 g/mol. The quantitative estimate of drug-likeness (QED) is 0.264. The van der Waals surface area contributed by atoms with Gasteiger partial charge in [-0.05, 0) is 24.3 Å². The molecule has 0 fully saturated rings. The maximum absolute atomic E-state index is 13.9. The molecule has 168 valence electrons. The molecule has 0 aliphatic carbocycles. The largest absolute Gasteiger partial charge is 0.449 e. The van der Waals surface area contributed by atoms with Crippen molar-refractivity contribution in [1.82, 2.24) is 34.7 Å². The van der Waals surface area contributed by atoms with E-state index < -0.39 is 17.8 Å². The molecule has 8 nitrogen and oxygen atoms in total. The van der Waals surface area contributed by atoms with Crippen molar-refractivity contribution in [2.24, 2.45) is 0 Å². The summed E-state index contributed by atoms with van der Waals surface area (Å²) in [5.74, 6) is -1.19. The molecule has 0 aliphatic rings. The average Bonchev–Trinajstić information content (AvgIpc) is 3.52. The van der Waals surface area contributed by atoms with E-state index in [0.29, 0.717) is 11.2 Å². The van der Waals surface area contributed by atoms with Crippen molar-refractivity contribution in [3.8, 4) is 5.69 Å². The smallest absolute Gasteiger partial charge is 0.414 e. The molecule has 0 aliphatic heterocycles. The number of fused-ring (bicyclic) bond motifs is 1. The van der Waals surface area contributed by atoms with Gasteiger partial charge < -0.3 is 8.98 Å². The van der Waals surface area contributed by atoms with E-state index in [1.807, 2.05) is 0 Å². The Morgan fingerprint density at radius 3 is 2.58 bits per heavy atom. The van der Waals surface area contributed by atoms with E-state index in [1.54, 1.807) is 42.6 Å². The van der Waals surface area contributed by atoms with Gasteiger partial charge >= 0.3 is 6.18 Å². The average molecular weight is 475 g/mol. The maximum atomic E-state index is 13.9. The summed E-state index contributed by atoms with van der Waals surface area (Å²) < 4.78 is 62.1. The van der Waals surface area contributed by atoms with E-state index in [9.17, 15) is 17.6 Å². The number of para-hydroxylation sites is 3. The number of benzene rings is 2. The Kier molecular flexibility index (Phi) is 5.32. The maximum Gasteiger partial charge on any atom is 0.449 e. The van der Waals surface area contributed by atoms with Gasteiger partial charge in [0.15, 0.2) is 0 Å². The van der Waals surface area contributed by atoms with Crippen LogP contribution in [0.3, 0.4) is 0 Å². The van der Waals surface area contributed by atoms with Crippen LogP contribution < -0.4 is 0 Å². The lowest BCUT2D eigenvalue weighted by Crippen LogP contribution is -2.15. The van der Waals surface area contributed by atoms with Crippen molar-refractivity contribution in [2.75, 3.05) is 0 Å². The van der Waals surface area contributed by atoms with Crippen LogP contribution in [0.4, 0.5) is 17.6 Å². The molecular weight excluding hydrogens is 462 g/mol. The zero-order valence-corrected chi connectivity index (χ0v) is 17.4. The highest BCUT2D eigenvalue weighted by molar-refractivity contribution is 7.98. The van der Waals surface area contributed by atoms with E-state index in [4.69, 9.17) is 4.42 Å². The minimum atomic E-state index is -4.64. The van der Waals surface area contributed by atoms with Crippen LogP contribution in [0.15, 0.2) is 64.4 Å². The molecule has 0 radical (unpaired) electrons. The number of hydrogen-bond donors (Lipinski definition) is 0. The summed E-state index contributed by atoms with van der Waals surface area (Å²) in [5, 5.41) is 15.8. The summed E-state index contributed by atoms with van der Waals surface area (Å²) in [7, 11) is 0. The van der Waals surface area contributed by atoms with Gasteiger partial charge in [0, 0.05) is 5.75 Å². The third kappa shape index (κ3) is 4.31. The molecular formula is C20H13F4N7OS. The molecule has 0 amide bonds. The van der Waals surface area contributed by atoms with Crippen LogP contribution >= 0.6 is 11.8 Å². The summed E-state index contributed by atoms with van der Waals surface area (Å²) in [6, 6.07) is 12.4. The lowest BCUT2D eigenvalue weighted by molar-refractivity contribution is -0.146. The Bertz CT molecular complexity index is 1430. The summed E-state index contributed by atoms with van der Waals surface area (Å²) in [6.45, 7) is -0.285. The fraction of sp³-hybridized carbons (Fsp3) is 0.150. The molecule has 3 aromatic heterocycles. The number of imidazole rings is 1. The van der Waals surface area contributed by atoms with E-state index in [-0.39, 0.29) is 34.6 Å². The molecule has 0 saturated carbocycles. The van der Waals surface area contributed by atoms with Gasteiger partial charge in [-0.25, -0.2) is 14.1 Å². The Morgan fingerprint density at radius 1 is 0.970 bits per heavy atom. The van der Waals surface area contributed by atoms with E-state index in [0.717, 1.165) is 16.3 Å². The Hall–Kier alpha value is -3.74. The van der Waals surface area contributed by atoms with Gasteiger partial charge in [0.05, 0.1) is 22.9 Å². The van der Waals surface area contributed by atoms with Crippen molar-refractivity contribution < 1.29 is 22.0 Å². The fourth-order valence-corrected chi connectivity index (χ4v) is 3.86. The van der Waals surface area contributed by atoms with Crippen LogP contribution in [0.1, 0.15) is 17.4 Å². The van der Waals surface area contributed by atoms with Gasteiger partial charge in [-0.1, -0.05) is 41.2 Å². The van der Waals surface area contributed by atoms with E-state index in [1.165, 1.54) is 16.8 Å². The molecule has 0 saturated heterocycles. The third-order valence-corrected chi connectivity index (χ3v) is 5.49. The highest BCUT2D eigenvalue weighted by Gasteiger charge is 2.38. The standard InChI is InChI=1S/C20H13F4N7OS/c21-13-5-1-3-7-15(13)31-9-12(26-29-31)11-33-19-28-27-17(32-19)10-30-16-8-4-2-6-14(16)25-18(30)20(22,23)24/h1-9H,10-11H2. The first-order chi connectivity index (χ1) is 15.9. The zero-order chi connectivity index (χ0) is 23.0. The van der Waals surface area contributed by atoms with Gasteiger partial charge in [0.2, 0.25) is 11.7 Å². The van der Waals surface area contributed by atoms with Crippen LogP contribution in [0.2, 0.25) is 0 Å². The minimum Gasteiger partial charge on any atom is -0.414 e. The molecule has 3 heterocycles. The van der Waals surface area contributed by atoms with Gasteiger partial charge in [-0.15, -0.1) is 15.3 Å². The van der Waals surface area contributed by atoms with Gasteiger partial charge in [-0.2, -0.15) is 13.2 Å². The second kappa shape index (κ2) is 8.31. The second-order valence-electron chi connectivity index (χ2n) is 6.86. The number of halogens is 4. The number of aromatic nitrogens is 7. The van der Waals surface area contributed by atoms with Crippen LogP contribution in [0, 0.1) is 5.82 Å². The fourth-order valence-electron chi connectivity index (χ4n) is 3.20. The molecule has 0 atom stereocenters. The number of alkyl halides is 3. The second-order valence-corrected chi connectivity index (χ2v) is 7.79. The summed E-state index contributed by atoms with van der Waals surface area (Å²) in [6.07, 6.45) is -3.07. The molecule has 0 bridgehead atoms. The molecule has 5 aromatic rings. The van der Waals surface area contributed by atoms with Gasteiger partial charge in [0.25, 0.3) is 5.22 Å². The lowest BCUT2D eigenvalue weighted by atomic mass is 10.3. The Morgan fingerprint density at radius 2 is 1.76 bits per heavy atom. The van der Waals surface area contributed by atoms with E-state index >= 15 is 0 Å². The first-order valence-corrected chi connectivity index (χ1v) is 10.5. The van der Waals surface area contributed by atoms with Crippen LogP contribution in [0.25, 0.3) is 16.7 Å². The topological polar surface area (TPSA) is 87.5 Å². The van der Waals surface area contributed by atoms with Crippen molar-refractivity contribution >= 4 is 22.8 Å². The minimum absolute atomic E-state index is 0.00108. The first kappa shape index (κ1) is 21.1. The molecule has 5 rings (SSSR count). The molecule has 2 aromatic carbocycles. The van der Waals surface area contributed by atoms with Gasteiger partial charge in [0.1, 0.15) is 18.0 Å². The molecule has 0 unspecified atom stereocenters. The number of hydrogen-bond acceptors (Lipinski definition) is 7. The van der Waals surface area contributed by atoms with Crippen molar-refractivity contribution in [3.63, 3.8) is 0 Å². The number of thioether (sulfide) groups is 1. The third-order valence-electron chi connectivity index (χ3n) is 4.63. The first-order valence-electron chi connectivity index (χ1n) is 9.52. The predicted octanol–water partition coefficient (Wildman–Crippen LogP) is 4.50. The van der Waals surface area contributed by atoms with E-state index in [2.05, 4.69) is 25.5 Å². The zero-order valence-electron chi connectivity index (χ0n) is 16.6. The molecule has 0 N–H and O–H groups in total. The predicted molar refractivity (Wildman–Crippen MR) is 109 cm³/mol. The molecule has 0 spiro atoms. The van der Waals surface area contributed by atoms with Crippen LogP contribution in [-0.4, -0.2) is 34.7 Å². The highest BCUT2D eigenvalue weighted by atomic mass is 32.2. The Labute approximate surface area is 187 Å².